The molecule has 1 aliphatic carbocycles. The van der Waals surface area contributed by atoms with Crippen molar-refractivity contribution in [1.82, 2.24) is 14.8 Å². The zero-order chi connectivity index (χ0) is 21.8. The van der Waals surface area contributed by atoms with E-state index < -0.39 is 6.04 Å². The normalized spacial score (nSPS) is 19.5. The quantitative estimate of drug-likeness (QED) is 0.661. The number of nitrogens with zero attached hydrogens (tertiary/aromatic N) is 3. The van der Waals surface area contributed by atoms with Gasteiger partial charge in [-0.3, -0.25) is 4.79 Å². The Morgan fingerprint density at radius 2 is 1.87 bits per heavy atom. The van der Waals surface area contributed by atoms with Crippen molar-refractivity contribution in [2.75, 3.05) is 12.4 Å². The molecule has 2 N–H and O–H groups in total. The number of allylic oxidation sites excluding steroid dienone is 2. The first kappa shape index (κ1) is 19.4. The van der Waals surface area contributed by atoms with Gasteiger partial charge in [0.2, 0.25) is 5.95 Å². The second-order valence-corrected chi connectivity index (χ2v) is 8.86. The summed E-state index contributed by atoms with van der Waals surface area (Å²) in [5.41, 5.74) is 3.14. The Morgan fingerprint density at radius 1 is 1.13 bits per heavy atom. The molecule has 2 aromatic carbocycles. The van der Waals surface area contributed by atoms with Crippen LogP contribution in [0.2, 0.25) is 0 Å². The molecule has 0 amide bonds. The number of anilines is 1. The fraction of sp³-hybridized carbons (Fsp3) is 0.292. The zero-order valence-corrected chi connectivity index (χ0v) is 17.7. The van der Waals surface area contributed by atoms with Crippen LogP contribution in [0.3, 0.4) is 0 Å². The summed E-state index contributed by atoms with van der Waals surface area (Å²) in [6, 6.07) is 14.1. The predicted molar refractivity (Wildman–Crippen MR) is 117 cm³/mol. The van der Waals surface area contributed by atoms with E-state index >= 15 is 0 Å². The first-order chi connectivity index (χ1) is 14.9. The summed E-state index contributed by atoms with van der Waals surface area (Å²) in [7, 11) is 1.62. The molecule has 0 saturated heterocycles. The van der Waals surface area contributed by atoms with Crippen LogP contribution in [0.15, 0.2) is 59.8 Å². The number of carbonyl (C=O) groups excluding carboxylic acids is 1. The van der Waals surface area contributed by atoms with Crippen molar-refractivity contribution in [3.05, 3.63) is 65.4 Å². The van der Waals surface area contributed by atoms with Crippen molar-refractivity contribution >= 4 is 11.7 Å². The number of benzene rings is 2. The molecule has 0 saturated carbocycles. The SMILES string of the molecule is COc1ccccc1-c1nc2n(n1)C(c1ccc(O)cc1)C1=C(CC(C)(C)CC1=O)N2. The number of nitrogens with one attached hydrogen (secondary N) is 1. The topological polar surface area (TPSA) is 89.3 Å². The van der Waals surface area contributed by atoms with Gasteiger partial charge >= 0.3 is 0 Å². The van der Waals surface area contributed by atoms with E-state index in [2.05, 4.69) is 19.2 Å². The van der Waals surface area contributed by atoms with Gasteiger partial charge in [-0.1, -0.05) is 38.1 Å². The van der Waals surface area contributed by atoms with Gasteiger partial charge in [0.1, 0.15) is 17.5 Å². The summed E-state index contributed by atoms with van der Waals surface area (Å²) in [6.45, 7) is 4.21. The number of fused-ring (bicyclic) bond motifs is 1. The second kappa shape index (κ2) is 6.97. The fourth-order valence-corrected chi connectivity index (χ4v) is 4.52. The average molecular weight is 416 g/mol. The minimum Gasteiger partial charge on any atom is -0.508 e. The van der Waals surface area contributed by atoms with Gasteiger partial charge in [-0.2, -0.15) is 4.98 Å². The molecular formula is C24H24N4O3. The minimum absolute atomic E-state index is 0.108. The van der Waals surface area contributed by atoms with Crippen LogP contribution in [0, 0.1) is 5.41 Å². The molecule has 2 aliphatic rings. The first-order valence-electron chi connectivity index (χ1n) is 10.3. The van der Waals surface area contributed by atoms with Crippen molar-refractivity contribution < 1.29 is 14.6 Å². The Balaban J connectivity index is 1.69. The summed E-state index contributed by atoms with van der Waals surface area (Å²) < 4.78 is 7.26. The molecule has 1 unspecified atom stereocenters. The van der Waals surface area contributed by atoms with E-state index in [1.54, 1.807) is 23.9 Å². The number of ketones is 1. The third-order valence-electron chi connectivity index (χ3n) is 5.89. The van der Waals surface area contributed by atoms with Crippen molar-refractivity contribution in [2.45, 2.75) is 32.7 Å². The molecule has 0 spiro atoms. The van der Waals surface area contributed by atoms with Gasteiger partial charge in [-0.15, -0.1) is 5.10 Å². The number of methoxy groups -OCH3 is 1. The number of aromatic hydroxyl groups is 1. The number of para-hydroxylation sites is 1. The summed E-state index contributed by atoms with van der Waals surface area (Å²) in [5, 5.41) is 17.9. The Kier molecular flexibility index (Phi) is 4.36. The lowest BCUT2D eigenvalue weighted by molar-refractivity contribution is -0.118. The molecule has 3 aromatic rings. The number of phenolic OH excluding ortho intramolecular Hbond substituents is 1. The van der Waals surface area contributed by atoms with E-state index in [-0.39, 0.29) is 16.9 Å². The summed E-state index contributed by atoms with van der Waals surface area (Å²) in [4.78, 5) is 18.0. The first-order valence-corrected chi connectivity index (χ1v) is 10.3. The Bertz CT molecular complexity index is 1210. The molecule has 158 valence electrons. The van der Waals surface area contributed by atoms with Crippen LogP contribution in [-0.2, 0) is 4.79 Å². The van der Waals surface area contributed by atoms with Gasteiger partial charge in [-0.05, 0) is 41.7 Å². The third kappa shape index (κ3) is 3.26. The fourth-order valence-electron chi connectivity index (χ4n) is 4.52. The second-order valence-electron chi connectivity index (χ2n) is 8.86. The number of carbonyl (C=O) groups is 1. The van der Waals surface area contributed by atoms with E-state index in [4.69, 9.17) is 14.8 Å². The molecule has 7 heteroatoms. The highest BCUT2D eigenvalue weighted by Gasteiger charge is 2.42. The maximum Gasteiger partial charge on any atom is 0.226 e. The number of aromatic nitrogens is 3. The zero-order valence-electron chi connectivity index (χ0n) is 17.7. The molecular weight excluding hydrogens is 392 g/mol. The summed E-state index contributed by atoms with van der Waals surface area (Å²) >= 11 is 0. The van der Waals surface area contributed by atoms with Gasteiger partial charge in [0.05, 0.1) is 12.7 Å². The predicted octanol–water partition coefficient (Wildman–Crippen LogP) is 4.32. The van der Waals surface area contributed by atoms with Gasteiger partial charge in [0.25, 0.3) is 0 Å². The molecule has 5 rings (SSSR count). The van der Waals surface area contributed by atoms with Gasteiger partial charge in [0.15, 0.2) is 11.6 Å². The van der Waals surface area contributed by atoms with Crippen LogP contribution in [0.1, 0.15) is 38.3 Å². The molecule has 2 heterocycles. The standard InChI is InChI=1S/C24H24N4O3/c1-24(2)12-17-20(18(30)13-24)21(14-8-10-15(29)11-9-14)28-23(25-17)26-22(27-28)16-6-4-5-7-19(16)31-3/h4-11,21,29H,12-13H2,1-3H3,(H,25,26,27). The molecule has 0 radical (unpaired) electrons. The van der Waals surface area contributed by atoms with E-state index in [9.17, 15) is 9.90 Å². The number of Topliss-reactive ketones (excluding diaryl/α,β-unsaturated/α-hetero) is 1. The number of rotatable bonds is 3. The lowest BCUT2D eigenvalue weighted by Gasteiger charge is -2.38. The monoisotopic (exact) mass is 416 g/mol. The van der Waals surface area contributed by atoms with Crippen LogP contribution in [0.25, 0.3) is 11.4 Å². The van der Waals surface area contributed by atoms with E-state index in [0.717, 1.165) is 23.2 Å². The molecule has 0 bridgehead atoms. The summed E-state index contributed by atoms with van der Waals surface area (Å²) in [5.74, 6) is 2.08. The van der Waals surface area contributed by atoms with Crippen LogP contribution < -0.4 is 10.1 Å². The average Bonchev–Trinajstić information content (AvgIpc) is 3.15. The Morgan fingerprint density at radius 3 is 2.61 bits per heavy atom. The number of phenols is 1. The highest BCUT2D eigenvalue weighted by Crippen LogP contribution is 2.46. The maximum absolute atomic E-state index is 13.3. The van der Waals surface area contributed by atoms with Gasteiger partial charge in [0, 0.05) is 17.7 Å². The third-order valence-corrected chi connectivity index (χ3v) is 5.89. The summed E-state index contributed by atoms with van der Waals surface area (Å²) in [6.07, 6.45) is 1.23. The Hall–Kier alpha value is -3.61. The highest BCUT2D eigenvalue weighted by molar-refractivity contribution is 6.00. The number of hydrogen-bond donors (Lipinski definition) is 2. The van der Waals surface area contributed by atoms with Crippen molar-refractivity contribution in [3.8, 4) is 22.9 Å². The molecule has 0 fully saturated rings. The molecule has 31 heavy (non-hydrogen) atoms. The van der Waals surface area contributed by atoms with Crippen LogP contribution in [0.4, 0.5) is 5.95 Å². The number of ether oxygens (including phenoxy) is 1. The minimum atomic E-state index is -0.411. The lowest BCUT2D eigenvalue weighted by atomic mass is 9.73. The highest BCUT2D eigenvalue weighted by atomic mass is 16.5. The maximum atomic E-state index is 13.3. The van der Waals surface area contributed by atoms with Crippen LogP contribution in [-0.4, -0.2) is 32.8 Å². The molecule has 7 nitrogen and oxygen atoms in total. The van der Waals surface area contributed by atoms with Gasteiger partial charge < -0.3 is 15.2 Å². The molecule has 1 aromatic heterocycles. The van der Waals surface area contributed by atoms with Crippen molar-refractivity contribution in [3.63, 3.8) is 0 Å². The van der Waals surface area contributed by atoms with Crippen molar-refractivity contribution in [2.24, 2.45) is 5.41 Å². The van der Waals surface area contributed by atoms with Crippen LogP contribution in [0.5, 0.6) is 11.5 Å². The van der Waals surface area contributed by atoms with Crippen molar-refractivity contribution in [1.29, 1.82) is 0 Å². The van der Waals surface area contributed by atoms with E-state index in [1.165, 1.54) is 0 Å². The molecule has 1 aliphatic heterocycles. The van der Waals surface area contributed by atoms with E-state index in [1.807, 2.05) is 36.4 Å². The number of hydrogen-bond acceptors (Lipinski definition) is 6. The Labute approximate surface area is 180 Å². The van der Waals surface area contributed by atoms with Gasteiger partial charge in [-0.25, -0.2) is 4.68 Å². The smallest absolute Gasteiger partial charge is 0.226 e. The van der Waals surface area contributed by atoms with Crippen LogP contribution >= 0.6 is 0 Å². The lowest BCUT2D eigenvalue weighted by Crippen LogP contribution is -2.36. The largest absolute Gasteiger partial charge is 0.508 e. The molecule has 1 atom stereocenters. The van der Waals surface area contributed by atoms with E-state index in [0.29, 0.717) is 29.5 Å².